The fraction of sp³-hybridized carbons (Fsp3) is 0.385. The van der Waals surface area contributed by atoms with Gasteiger partial charge in [-0.3, -0.25) is 4.79 Å². The van der Waals surface area contributed by atoms with E-state index in [1.54, 1.807) is 24.3 Å². The van der Waals surface area contributed by atoms with Gasteiger partial charge in [-0.25, -0.2) is 4.79 Å². The van der Waals surface area contributed by atoms with Gasteiger partial charge in [0.1, 0.15) is 5.75 Å². The summed E-state index contributed by atoms with van der Waals surface area (Å²) in [6, 6.07) is 6.69. The van der Waals surface area contributed by atoms with Crippen molar-refractivity contribution in [3.8, 4) is 5.75 Å². The third-order valence-electron chi connectivity index (χ3n) is 2.00. The Hall–Kier alpha value is -2.24. The van der Waals surface area contributed by atoms with Crippen molar-refractivity contribution in [2.24, 2.45) is 0 Å². The lowest BCUT2D eigenvalue weighted by atomic mass is 10.3. The van der Waals surface area contributed by atoms with E-state index in [1.807, 2.05) is 6.92 Å². The number of hydrogen-bond donors (Lipinski definition) is 1. The number of amides is 1. The molecule has 1 aromatic rings. The van der Waals surface area contributed by atoms with E-state index in [0.717, 1.165) is 6.42 Å². The molecular weight excluding hydrogens is 250 g/mol. The van der Waals surface area contributed by atoms with E-state index in [4.69, 9.17) is 9.47 Å². The summed E-state index contributed by atoms with van der Waals surface area (Å²) in [4.78, 5) is 21.8. The fourth-order valence-corrected chi connectivity index (χ4v) is 1.21. The molecule has 6 heteroatoms. The lowest BCUT2D eigenvalue weighted by Gasteiger charge is -2.08. The molecule has 0 saturated heterocycles. The summed E-state index contributed by atoms with van der Waals surface area (Å²) in [6.45, 7) is 3.42. The molecule has 1 amide bonds. The SMILES string of the molecule is CCCOC(=O)OCOc1ccc(NC(C)=O)cc1. The van der Waals surface area contributed by atoms with Gasteiger partial charge in [-0.15, -0.1) is 0 Å². The highest BCUT2D eigenvalue weighted by Crippen LogP contribution is 2.15. The molecule has 0 spiro atoms. The van der Waals surface area contributed by atoms with Crippen LogP contribution in [0.5, 0.6) is 5.75 Å². The normalized spacial score (nSPS) is 9.58. The van der Waals surface area contributed by atoms with E-state index < -0.39 is 6.16 Å². The number of hydrogen-bond acceptors (Lipinski definition) is 5. The Morgan fingerprint density at radius 3 is 2.42 bits per heavy atom. The standard InChI is InChI=1S/C13H17NO5/c1-3-8-17-13(16)19-9-18-12-6-4-11(5-7-12)14-10(2)15/h4-7H,3,8-9H2,1-2H3,(H,14,15). The quantitative estimate of drug-likeness (QED) is 0.633. The summed E-state index contributed by atoms with van der Waals surface area (Å²) in [5.41, 5.74) is 0.670. The summed E-state index contributed by atoms with van der Waals surface area (Å²) < 4.78 is 14.6. The maximum absolute atomic E-state index is 11.0. The molecule has 0 aliphatic heterocycles. The van der Waals surface area contributed by atoms with Crippen molar-refractivity contribution in [2.75, 3.05) is 18.7 Å². The van der Waals surface area contributed by atoms with E-state index in [0.29, 0.717) is 18.0 Å². The molecule has 0 saturated carbocycles. The lowest BCUT2D eigenvalue weighted by molar-refractivity contribution is -0.114. The minimum atomic E-state index is -0.753. The molecule has 1 N–H and O–H groups in total. The Balaban J connectivity index is 2.30. The maximum atomic E-state index is 11.0. The van der Waals surface area contributed by atoms with Crippen LogP contribution in [0, 0.1) is 0 Å². The van der Waals surface area contributed by atoms with Crippen LogP contribution < -0.4 is 10.1 Å². The highest BCUT2D eigenvalue weighted by atomic mass is 16.8. The minimum absolute atomic E-state index is 0.143. The average Bonchev–Trinajstić information content (AvgIpc) is 2.38. The van der Waals surface area contributed by atoms with Crippen LogP contribution in [0.3, 0.4) is 0 Å². The zero-order chi connectivity index (χ0) is 14.1. The molecule has 0 heterocycles. The summed E-state index contributed by atoms with van der Waals surface area (Å²) >= 11 is 0. The molecule has 6 nitrogen and oxygen atoms in total. The van der Waals surface area contributed by atoms with Crippen LogP contribution in [-0.2, 0) is 14.3 Å². The Bertz CT molecular complexity index is 416. The summed E-state index contributed by atoms with van der Waals surface area (Å²) in [7, 11) is 0. The molecule has 1 aromatic carbocycles. The van der Waals surface area contributed by atoms with Crippen LogP contribution in [0.1, 0.15) is 20.3 Å². The van der Waals surface area contributed by atoms with Gasteiger partial charge in [0.2, 0.25) is 12.7 Å². The predicted octanol–water partition coefficient (Wildman–Crippen LogP) is 2.54. The molecule has 0 aromatic heterocycles. The molecule has 0 unspecified atom stereocenters. The second-order valence-corrected chi connectivity index (χ2v) is 3.71. The molecule has 0 bridgehead atoms. The van der Waals surface area contributed by atoms with E-state index in [9.17, 15) is 9.59 Å². The summed E-state index contributed by atoms with van der Waals surface area (Å²) in [5, 5.41) is 2.63. The van der Waals surface area contributed by atoms with Crippen LogP contribution >= 0.6 is 0 Å². The highest BCUT2D eigenvalue weighted by molar-refractivity contribution is 5.88. The van der Waals surface area contributed by atoms with Gasteiger partial charge in [-0.1, -0.05) is 6.92 Å². The monoisotopic (exact) mass is 267 g/mol. The van der Waals surface area contributed by atoms with Crippen molar-refractivity contribution in [3.05, 3.63) is 24.3 Å². The van der Waals surface area contributed by atoms with Crippen LogP contribution in [-0.4, -0.2) is 25.5 Å². The third kappa shape index (κ3) is 6.30. The van der Waals surface area contributed by atoms with Crippen LogP contribution in [0.2, 0.25) is 0 Å². The Kier molecular flexibility index (Phi) is 6.21. The summed E-state index contributed by atoms with van der Waals surface area (Å²) in [6.07, 6.45) is -0.0164. The van der Waals surface area contributed by atoms with Gasteiger partial charge in [0, 0.05) is 12.6 Å². The highest BCUT2D eigenvalue weighted by Gasteiger charge is 2.03. The first-order valence-electron chi connectivity index (χ1n) is 5.92. The average molecular weight is 267 g/mol. The second-order valence-electron chi connectivity index (χ2n) is 3.71. The number of benzene rings is 1. The third-order valence-corrected chi connectivity index (χ3v) is 2.00. The number of rotatable bonds is 6. The Morgan fingerprint density at radius 1 is 1.16 bits per heavy atom. The van der Waals surface area contributed by atoms with Gasteiger partial charge in [-0.05, 0) is 30.7 Å². The zero-order valence-electron chi connectivity index (χ0n) is 11.0. The fourth-order valence-electron chi connectivity index (χ4n) is 1.21. The van der Waals surface area contributed by atoms with E-state index in [-0.39, 0.29) is 12.7 Å². The van der Waals surface area contributed by atoms with Crippen molar-refractivity contribution in [1.82, 2.24) is 0 Å². The van der Waals surface area contributed by atoms with Gasteiger partial charge in [0.05, 0.1) is 6.61 Å². The van der Waals surface area contributed by atoms with Crippen molar-refractivity contribution in [2.45, 2.75) is 20.3 Å². The van der Waals surface area contributed by atoms with Gasteiger partial charge in [-0.2, -0.15) is 0 Å². The first-order chi connectivity index (χ1) is 9.11. The Morgan fingerprint density at radius 2 is 1.84 bits per heavy atom. The van der Waals surface area contributed by atoms with E-state index in [2.05, 4.69) is 10.1 Å². The van der Waals surface area contributed by atoms with Crippen molar-refractivity contribution >= 4 is 17.7 Å². The number of anilines is 1. The van der Waals surface area contributed by atoms with Crippen molar-refractivity contribution in [3.63, 3.8) is 0 Å². The zero-order valence-corrected chi connectivity index (χ0v) is 11.0. The smallest absolute Gasteiger partial charge is 0.457 e. The molecule has 0 aliphatic carbocycles. The molecule has 0 fully saturated rings. The summed E-state index contributed by atoms with van der Waals surface area (Å²) in [5.74, 6) is 0.382. The van der Waals surface area contributed by atoms with Crippen LogP contribution in [0.15, 0.2) is 24.3 Å². The molecule has 0 radical (unpaired) electrons. The largest absolute Gasteiger partial charge is 0.511 e. The minimum Gasteiger partial charge on any atom is -0.457 e. The number of carbonyl (C=O) groups is 2. The van der Waals surface area contributed by atoms with E-state index >= 15 is 0 Å². The maximum Gasteiger partial charge on any atom is 0.511 e. The van der Waals surface area contributed by atoms with Crippen LogP contribution in [0.4, 0.5) is 10.5 Å². The molecule has 0 aliphatic rings. The van der Waals surface area contributed by atoms with Gasteiger partial charge >= 0.3 is 6.16 Å². The van der Waals surface area contributed by atoms with Gasteiger partial charge < -0.3 is 19.5 Å². The van der Waals surface area contributed by atoms with Gasteiger partial charge in [0.15, 0.2) is 0 Å². The lowest BCUT2D eigenvalue weighted by Crippen LogP contribution is -2.12. The number of nitrogens with one attached hydrogen (secondary N) is 1. The second kappa shape index (κ2) is 7.97. The van der Waals surface area contributed by atoms with Crippen LogP contribution in [0.25, 0.3) is 0 Å². The molecule has 0 atom stereocenters. The van der Waals surface area contributed by atoms with E-state index in [1.165, 1.54) is 6.92 Å². The molecular formula is C13H17NO5. The van der Waals surface area contributed by atoms with Crippen molar-refractivity contribution < 1.29 is 23.8 Å². The topological polar surface area (TPSA) is 73.9 Å². The predicted molar refractivity (Wildman–Crippen MR) is 69.0 cm³/mol. The number of carbonyl (C=O) groups excluding carboxylic acids is 2. The molecule has 1 rings (SSSR count). The van der Waals surface area contributed by atoms with Gasteiger partial charge in [0.25, 0.3) is 0 Å². The Labute approximate surface area is 111 Å². The molecule has 19 heavy (non-hydrogen) atoms. The molecule has 104 valence electrons. The first-order valence-corrected chi connectivity index (χ1v) is 5.92. The van der Waals surface area contributed by atoms with Crippen molar-refractivity contribution in [1.29, 1.82) is 0 Å². The number of ether oxygens (including phenoxy) is 3. The first kappa shape index (κ1) is 14.8.